The zero-order valence-electron chi connectivity index (χ0n) is 16.7. The Morgan fingerprint density at radius 2 is 2.19 bits per heavy atom. The van der Waals surface area contributed by atoms with Gasteiger partial charge in [0.15, 0.2) is 17.7 Å². The molecule has 3 aromatic heterocycles. The minimum atomic E-state index is -1.61. The molecule has 3 aromatic rings. The van der Waals surface area contributed by atoms with E-state index in [0.717, 1.165) is 4.57 Å². The highest BCUT2D eigenvalue weighted by atomic mass is 16.8. The topological polar surface area (TPSA) is 132 Å². The highest BCUT2D eigenvalue weighted by molar-refractivity contribution is 5.70. The molecule has 0 amide bonds. The van der Waals surface area contributed by atoms with Gasteiger partial charge in [0.25, 0.3) is 0 Å². The quantitative estimate of drug-likeness (QED) is 0.618. The number of nitrogen functional groups attached to an aromatic ring is 1. The monoisotopic (exact) mass is 425 g/mol. The molecule has 0 radical (unpaired) electrons. The van der Waals surface area contributed by atoms with Crippen molar-refractivity contribution < 1.29 is 23.7 Å². The van der Waals surface area contributed by atoms with E-state index < -0.39 is 35.9 Å². The van der Waals surface area contributed by atoms with Gasteiger partial charge < -0.3 is 19.9 Å². The number of imidazole rings is 1. The van der Waals surface area contributed by atoms with Crippen LogP contribution in [-0.4, -0.2) is 60.6 Å². The number of nitrogens with two attached hydrogens (primary N) is 1. The fraction of sp³-hybridized carbons (Fsp3) is 0.421. The van der Waals surface area contributed by atoms with Crippen molar-refractivity contribution >= 4 is 17.4 Å². The van der Waals surface area contributed by atoms with E-state index in [4.69, 9.17) is 31.3 Å². The highest BCUT2D eigenvalue weighted by Crippen LogP contribution is 2.50. The molecule has 2 aliphatic rings. The molecule has 5 heterocycles. The SMILES string of the molecule is [C-]#[N+][C@]1(COC(=O)n2ccnc2)O[C@@H](c2ccc3c(N)ncnn23)[C@@H]2OC(C)(C)O[C@@H]21. The first kappa shape index (κ1) is 19.4. The lowest BCUT2D eigenvalue weighted by Gasteiger charge is -2.25. The van der Waals surface area contributed by atoms with E-state index in [9.17, 15) is 4.79 Å². The van der Waals surface area contributed by atoms with Crippen LogP contribution in [0.5, 0.6) is 0 Å². The molecule has 160 valence electrons. The Bertz CT molecular complexity index is 1180. The normalized spacial score (nSPS) is 29.0. The Labute approximate surface area is 176 Å². The van der Waals surface area contributed by atoms with Crippen LogP contribution in [0.3, 0.4) is 0 Å². The number of fused-ring (bicyclic) bond motifs is 2. The highest BCUT2D eigenvalue weighted by Gasteiger charge is 2.69. The standard InChI is InChI=1S/C19H19N7O5/c1-18(2)29-14-13(11-4-5-12-16(20)23-9-24-26(11)12)30-19(21-3,15(14)31-18)8-28-17(27)25-7-6-22-10-25/h4-7,9-10,13-15H,8H2,1-2H3,(H2,20,23,24)/t13-,14-,15-,19+/m0/s1. The molecule has 2 fully saturated rings. The van der Waals surface area contributed by atoms with Gasteiger partial charge in [-0.25, -0.2) is 30.4 Å². The van der Waals surface area contributed by atoms with Gasteiger partial charge in [0.1, 0.15) is 30.4 Å². The maximum Gasteiger partial charge on any atom is 0.419 e. The molecule has 12 nitrogen and oxygen atoms in total. The van der Waals surface area contributed by atoms with Gasteiger partial charge in [0.05, 0.1) is 5.69 Å². The van der Waals surface area contributed by atoms with Crippen LogP contribution in [0.1, 0.15) is 25.6 Å². The number of aromatic nitrogens is 5. The average Bonchev–Trinajstić information content (AvgIpc) is 3.50. The van der Waals surface area contributed by atoms with Gasteiger partial charge in [-0.1, -0.05) is 0 Å². The summed E-state index contributed by atoms with van der Waals surface area (Å²) in [5.74, 6) is -0.645. The van der Waals surface area contributed by atoms with Crippen molar-refractivity contribution in [3.8, 4) is 0 Å². The molecular formula is C19H19N7O5. The molecule has 5 rings (SSSR count). The number of hydrogen-bond acceptors (Lipinski definition) is 9. The third-order valence-corrected chi connectivity index (χ3v) is 5.31. The third-order valence-electron chi connectivity index (χ3n) is 5.31. The molecule has 0 aromatic carbocycles. The summed E-state index contributed by atoms with van der Waals surface area (Å²) in [5, 5.41) is 4.25. The maximum absolute atomic E-state index is 12.3. The average molecular weight is 425 g/mol. The van der Waals surface area contributed by atoms with Crippen LogP contribution in [0.15, 0.2) is 37.2 Å². The zero-order chi connectivity index (χ0) is 21.8. The first-order valence-electron chi connectivity index (χ1n) is 9.49. The van der Waals surface area contributed by atoms with E-state index in [2.05, 4.69) is 19.9 Å². The van der Waals surface area contributed by atoms with Crippen molar-refractivity contribution in [2.45, 2.75) is 43.7 Å². The largest absolute Gasteiger partial charge is 0.437 e. The van der Waals surface area contributed by atoms with E-state index in [1.165, 1.54) is 25.0 Å². The van der Waals surface area contributed by atoms with Crippen molar-refractivity contribution in [2.24, 2.45) is 0 Å². The Morgan fingerprint density at radius 1 is 1.35 bits per heavy atom. The second-order valence-corrected chi connectivity index (χ2v) is 7.74. The van der Waals surface area contributed by atoms with E-state index in [1.54, 1.807) is 30.5 Å². The van der Waals surface area contributed by atoms with Crippen molar-refractivity contribution in [1.29, 1.82) is 0 Å². The third kappa shape index (κ3) is 3.02. The predicted molar refractivity (Wildman–Crippen MR) is 103 cm³/mol. The summed E-state index contributed by atoms with van der Waals surface area (Å²) in [6.45, 7) is 11.0. The molecular weight excluding hydrogens is 406 g/mol. The summed E-state index contributed by atoms with van der Waals surface area (Å²) in [6, 6.07) is 3.55. The molecule has 0 spiro atoms. The number of carbonyl (C=O) groups excluding carboxylic acids is 1. The Hall–Kier alpha value is -3.53. The number of rotatable bonds is 3. The van der Waals surface area contributed by atoms with Gasteiger partial charge in [-0.15, -0.1) is 0 Å². The number of ether oxygens (including phenoxy) is 4. The summed E-state index contributed by atoms with van der Waals surface area (Å²) in [4.78, 5) is 23.8. The Kier molecular flexibility index (Phi) is 4.23. The summed E-state index contributed by atoms with van der Waals surface area (Å²) in [7, 11) is 0. The zero-order valence-corrected chi connectivity index (χ0v) is 16.7. The van der Waals surface area contributed by atoms with Crippen LogP contribution in [0.25, 0.3) is 10.4 Å². The molecule has 12 heteroatoms. The van der Waals surface area contributed by atoms with Crippen LogP contribution in [0.4, 0.5) is 10.6 Å². The second kappa shape index (κ2) is 6.74. The van der Waals surface area contributed by atoms with Crippen molar-refractivity contribution in [3.63, 3.8) is 0 Å². The van der Waals surface area contributed by atoms with Crippen molar-refractivity contribution in [3.05, 3.63) is 54.3 Å². The van der Waals surface area contributed by atoms with Crippen LogP contribution in [0, 0.1) is 6.57 Å². The minimum Gasteiger partial charge on any atom is -0.437 e. The fourth-order valence-corrected chi connectivity index (χ4v) is 3.98. The van der Waals surface area contributed by atoms with Crippen LogP contribution < -0.4 is 5.73 Å². The van der Waals surface area contributed by atoms with E-state index >= 15 is 0 Å². The predicted octanol–water partition coefficient (Wildman–Crippen LogP) is 1.40. The molecule has 0 unspecified atom stereocenters. The maximum atomic E-state index is 12.3. The molecule has 2 N–H and O–H groups in total. The number of anilines is 1. The summed E-state index contributed by atoms with van der Waals surface area (Å²) < 4.78 is 26.4. The summed E-state index contributed by atoms with van der Waals surface area (Å²) in [6.07, 6.45) is 2.71. The van der Waals surface area contributed by atoms with Gasteiger partial charge in [-0.3, -0.25) is 9.58 Å². The van der Waals surface area contributed by atoms with Gasteiger partial charge in [-0.2, -0.15) is 5.10 Å². The van der Waals surface area contributed by atoms with Gasteiger partial charge >= 0.3 is 11.8 Å². The molecule has 4 atom stereocenters. The molecule has 0 bridgehead atoms. The molecule has 2 saturated heterocycles. The van der Waals surface area contributed by atoms with Crippen LogP contribution >= 0.6 is 0 Å². The van der Waals surface area contributed by atoms with E-state index in [0.29, 0.717) is 17.0 Å². The van der Waals surface area contributed by atoms with Crippen LogP contribution in [-0.2, 0) is 18.9 Å². The van der Waals surface area contributed by atoms with Gasteiger partial charge in [-0.05, 0) is 26.0 Å². The van der Waals surface area contributed by atoms with Crippen LogP contribution in [0.2, 0.25) is 0 Å². The van der Waals surface area contributed by atoms with E-state index in [-0.39, 0.29) is 6.61 Å². The smallest absolute Gasteiger partial charge is 0.419 e. The van der Waals surface area contributed by atoms with Crippen molar-refractivity contribution in [2.75, 3.05) is 12.3 Å². The number of nitrogens with zero attached hydrogens (tertiary/aromatic N) is 6. The summed E-state index contributed by atoms with van der Waals surface area (Å²) in [5.41, 5.74) is 5.55. The lowest BCUT2D eigenvalue weighted by molar-refractivity contribution is -0.207. The summed E-state index contributed by atoms with van der Waals surface area (Å²) >= 11 is 0. The van der Waals surface area contributed by atoms with Gasteiger partial charge in [0, 0.05) is 12.4 Å². The first-order chi connectivity index (χ1) is 14.8. The lowest BCUT2D eigenvalue weighted by Crippen LogP contribution is -2.45. The number of carbonyl (C=O) groups is 1. The molecule has 0 aliphatic carbocycles. The number of hydrogen-bond donors (Lipinski definition) is 1. The molecule has 2 aliphatic heterocycles. The minimum absolute atomic E-state index is 0.311. The molecule has 31 heavy (non-hydrogen) atoms. The van der Waals surface area contributed by atoms with Crippen molar-refractivity contribution in [1.82, 2.24) is 24.1 Å². The molecule has 0 saturated carbocycles. The lowest BCUT2D eigenvalue weighted by atomic mass is 10.0. The van der Waals surface area contributed by atoms with Gasteiger partial charge in [0.2, 0.25) is 6.61 Å². The Morgan fingerprint density at radius 3 is 2.94 bits per heavy atom. The van der Waals surface area contributed by atoms with E-state index in [1.807, 2.05) is 0 Å². The fourth-order valence-electron chi connectivity index (χ4n) is 3.98. The second-order valence-electron chi connectivity index (χ2n) is 7.74. The first-order valence-corrected chi connectivity index (χ1v) is 9.49. The Balaban J connectivity index is 1.50.